The third kappa shape index (κ3) is 3.20. The van der Waals surface area contributed by atoms with Gasteiger partial charge in [-0.15, -0.1) is 0 Å². The lowest BCUT2D eigenvalue weighted by Gasteiger charge is -2.07. The maximum Gasteiger partial charge on any atom is 0.185 e. The highest BCUT2D eigenvalue weighted by atomic mass is 32.2. The lowest BCUT2D eigenvalue weighted by Crippen LogP contribution is -2.08. The third-order valence-electron chi connectivity index (χ3n) is 2.78. The van der Waals surface area contributed by atoms with Crippen molar-refractivity contribution in [2.45, 2.75) is 17.2 Å². The van der Waals surface area contributed by atoms with Crippen LogP contribution >= 0.6 is 0 Å². The SMILES string of the molecule is NCc1cc(F)cc(CS(=O)(=O)c2ccccc2F)c1. The normalized spacial score (nSPS) is 11.6. The smallest absolute Gasteiger partial charge is 0.185 e. The minimum absolute atomic E-state index is 0.102. The molecule has 6 heteroatoms. The van der Waals surface area contributed by atoms with Crippen LogP contribution in [0, 0.1) is 11.6 Å². The van der Waals surface area contributed by atoms with Crippen molar-refractivity contribution in [3.05, 3.63) is 65.2 Å². The molecule has 2 aromatic carbocycles. The molecule has 2 aromatic rings. The second-order valence-corrected chi connectivity index (χ2v) is 6.32. The van der Waals surface area contributed by atoms with Crippen LogP contribution in [0.25, 0.3) is 0 Å². The average Bonchev–Trinajstić information content (AvgIpc) is 2.37. The molecule has 0 radical (unpaired) electrons. The number of rotatable bonds is 4. The quantitative estimate of drug-likeness (QED) is 0.942. The Kier molecular flexibility index (Phi) is 4.15. The highest BCUT2D eigenvalue weighted by Gasteiger charge is 2.19. The maximum atomic E-state index is 13.5. The van der Waals surface area contributed by atoms with Crippen LogP contribution in [0.2, 0.25) is 0 Å². The summed E-state index contributed by atoms with van der Waals surface area (Å²) in [5.41, 5.74) is 6.14. The molecule has 0 heterocycles. The molecule has 0 aromatic heterocycles. The van der Waals surface area contributed by atoms with E-state index in [-0.39, 0.29) is 12.1 Å². The zero-order valence-electron chi connectivity index (χ0n) is 10.5. The summed E-state index contributed by atoms with van der Waals surface area (Å²) in [5, 5.41) is 0. The lowest BCUT2D eigenvalue weighted by atomic mass is 10.1. The summed E-state index contributed by atoms with van der Waals surface area (Å²) >= 11 is 0. The summed E-state index contributed by atoms with van der Waals surface area (Å²) in [5.74, 6) is -1.85. The van der Waals surface area contributed by atoms with Crippen molar-refractivity contribution in [2.75, 3.05) is 0 Å². The number of sulfone groups is 1. The van der Waals surface area contributed by atoms with E-state index in [1.807, 2.05) is 0 Å². The molecule has 0 aliphatic carbocycles. The van der Waals surface area contributed by atoms with Crippen LogP contribution in [-0.4, -0.2) is 8.42 Å². The Morgan fingerprint density at radius 2 is 1.65 bits per heavy atom. The van der Waals surface area contributed by atoms with Gasteiger partial charge in [0, 0.05) is 6.54 Å². The first-order valence-corrected chi connectivity index (χ1v) is 7.53. The van der Waals surface area contributed by atoms with E-state index < -0.39 is 32.1 Å². The summed E-state index contributed by atoms with van der Waals surface area (Å²) < 4.78 is 51.2. The van der Waals surface area contributed by atoms with Crippen molar-refractivity contribution in [2.24, 2.45) is 5.73 Å². The number of hydrogen-bond acceptors (Lipinski definition) is 3. The van der Waals surface area contributed by atoms with Crippen LogP contribution in [0.3, 0.4) is 0 Å². The van der Waals surface area contributed by atoms with Crippen LogP contribution in [0.4, 0.5) is 8.78 Å². The van der Waals surface area contributed by atoms with Crippen molar-refractivity contribution in [1.82, 2.24) is 0 Å². The topological polar surface area (TPSA) is 60.2 Å². The fourth-order valence-electron chi connectivity index (χ4n) is 1.91. The van der Waals surface area contributed by atoms with Gasteiger partial charge in [-0.2, -0.15) is 0 Å². The number of hydrogen-bond donors (Lipinski definition) is 1. The second-order valence-electron chi connectivity index (χ2n) is 4.36. The van der Waals surface area contributed by atoms with Gasteiger partial charge >= 0.3 is 0 Å². The molecular weight excluding hydrogens is 284 g/mol. The zero-order valence-corrected chi connectivity index (χ0v) is 11.3. The Morgan fingerprint density at radius 3 is 2.30 bits per heavy atom. The van der Waals surface area contributed by atoms with Crippen LogP contribution in [0.5, 0.6) is 0 Å². The largest absolute Gasteiger partial charge is 0.326 e. The van der Waals surface area contributed by atoms with Gasteiger partial charge in [-0.1, -0.05) is 18.2 Å². The molecule has 0 fully saturated rings. The minimum Gasteiger partial charge on any atom is -0.326 e. The maximum absolute atomic E-state index is 13.5. The van der Waals surface area contributed by atoms with E-state index in [1.54, 1.807) is 0 Å². The first-order chi connectivity index (χ1) is 9.42. The Balaban J connectivity index is 2.38. The predicted molar refractivity (Wildman–Crippen MR) is 71.6 cm³/mol. The zero-order chi connectivity index (χ0) is 14.8. The number of halogens is 2. The van der Waals surface area contributed by atoms with Gasteiger partial charge in [-0.25, -0.2) is 17.2 Å². The Morgan fingerprint density at radius 1 is 1.00 bits per heavy atom. The van der Waals surface area contributed by atoms with E-state index in [0.717, 1.165) is 12.1 Å². The fourth-order valence-corrected chi connectivity index (χ4v) is 3.32. The first-order valence-electron chi connectivity index (χ1n) is 5.88. The molecule has 0 aliphatic heterocycles. The monoisotopic (exact) mass is 297 g/mol. The van der Waals surface area contributed by atoms with Crippen molar-refractivity contribution < 1.29 is 17.2 Å². The van der Waals surface area contributed by atoms with E-state index in [2.05, 4.69) is 0 Å². The Bertz CT molecular complexity index is 730. The van der Waals surface area contributed by atoms with E-state index in [9.17, 15) is 17.2 Å². The molecule has 0 amide bonds. The van der Waals surface area contributed by atoms with Crippen molar-refractivity contribution in [3.63, 3.8) is 0 Å². The van der Waals surface area contributed by atoms with Gasteiger partial charge in [0.1, 0.15) is 16.5 Å². The first kappa shape index (κ1) is 14.6. The summed E-state index contributed by atoms with van der Waals surface area (Å²) in [6.07, 6.45) is 0. The molecule has 106 valence electrons. The summed E-state index contributed by atoms with van der Waals surface area (Å²) in [6.45, 7) is 0.102. The Hall–Kier alpha value is -1.79. The van der Waals surface area contributed by atoms with Crippen LogP contribution in [0.1, 0.15) is 11.1 Å². The van der Waals surface area contributed by atoms with E-state index in [1.165, 1.54) is 30.3 Å². The van der Waals surface area contributed by atoms with Crippen molar-refractivity contribution >= 4 is 9.84 Å². The van der Waals surface area contributed by atoms with Gasteiger partial charge in [0.05, 0.1) is 5.75 Å². The van der Waals surface area contributed by atoms with Crippen LogP contribution in [-0.2, 0) is 22.1 Å². The molecule has 0 aliphatic rings. The van der Waals surface area contributed by atoms with Gasteiger partial charge in [0.2, 0.25) is 0 Å². The van der Waals surface area contributed by atoms with E-state index >= 15 is 0 Å². The third-order valence-corrected chi connectivity index (χ3v) is 4.50. The summed E-state index contributed by atoms with van der Waals surface area (Å²) in [7, 11) is -3.87. The molecule has 20 heavy (non-hydrogen) atoms. The molecule has 0 saturated carbocycles. The highest BCUT2D eigenvalue weighted by Crippen LogP contribution is 2.20. The van der Waals surface area contributed by atoms with Crippen molar-refractivity contribution in [3.8, 4) is 0 Å². The van der Waals surface area contributed by atoms with Gasteiger partial charge in [0.25, 0.3) is 0 Å². The van der Waals surface area contributed by atoms with E-state index in [0.29, 0.717) is 5.56 Å². The highest BCUT2D eigenvalue weighted by molar-refractivity contribution is 7.90. The van der Waals surface area contributed by atoms with Gasteiger partial charge in [-0.3, -0.25) is 0 Å². The fraction of sp³-hybridized carbons (Fsp3) is 0.143. The lowest BCUT2D eigenvalue weighted by molar-refractivity contribution is 0.566. The molecule has 3 nitrogen and oxygen atoms in total. The molecule has 0 unspecified atom stereocenters. The molecule has 2 rings (SSSR count). The summed E-state index contributed by atoms with van der Waals surface area (Å²) in [4.78, 5) is -0.390. The second kappa shape index (κ2) is 5.68. The molecular formula is C14H13F2NO2S. The summed E-state index contributed by atoms with van der Waals surface area (Å²) in [6, 6.07) is 8.95. The van der Waals surface area contributed by atoms with Gasteiger partial charge in [0.15, 0.2) is 9.84 Å². The molecule has 0 atom stereocenters. The van der Waals surface area contributed by atoms with Gasteiger partial charge < -0.3 is 5.73 Å². The van der Waals surface area contributed by atoms with Crippen LogP contribution in [0.15, 0.2) is 47.4 Å². The average molecular weight is 297 g/mol. The molecule has 0 spiro atoms. The Labute approximate surface area is 116 Å². The van der Waals surface area contributed by atoms with Crippen molar-refractivity contribution in [1.29, 1.82) is 0 Å². The predicted octanol–water partition coefficient (Wildman–Crippen LogP) is 2.40. The minimum atomic E-state index is -3.87. The number of nitrogens with two attached hydrogens (primary N) is 1. The standard InChI is InChI=1S/C14H13F2NO2S/c15-12-6-10(8-17)5-11(7-12)9-20(18,19)14-4-2-1-3-13(14)16/h1-7H,8-9,17H2. The van der Waals surface area contributed by atoms with E-state index in [4.69, 9.17) is 5.73 Å². The van der Waals surface area contributed by atoms with Crippen LogP contribution < -0.4 is 5.73 Å². The molecule has 2 N–H and O–H groups in total. The van der Waals surface area contributed by atoms with Gasteiger partial charge in [-0.05, 0) is 35.4 Å². The molecule has 0 bridgehead atoms. The number of benzene rings is 2. The molecule has 0 saturated heterocycles.